The third-order valence-electron chi connectivity index (χ3n) is 4.08. The number of nitrogens with one attached hydrogen (secondary N) is 2. The van der Waals surface area contributed by atoms with Crippen LogP contribution in [0.4, 0.5) is 0 Å². The number of carbonyl (C=O) groups excluding carboxylic acids is 1. The second kappa shape index (κ2) is 9.46. The highest BCUT2D eigenvalue weighted by atomic mass is 16.5. The average Bonchev–Trinajstić information content (AvgIpc) is 2.58. The van der Waals surface area contributed by atoms with Crippen molar-refractivity contribution < 1.29 is 9.53 Å². The third kappa shape index (κ3) is 5.68. The Balaban J connectivity index is 1.73. The van der Waals surface area contributed by atoms with Crippen molar-refractivity contribution in [1.29, 1.82) is 0 Å². The number of ether oxygens (including phenoxy) is 1. The normalized spacial score (nSPS) is 18.0. The quantitative estimate of drug-likeness (QED) is 0.726. The highest BCUT2D eigenvalue weighted by Gasteiger charge is 2.14. The molecule has 0 spiro atoms. The lowest BCUT2D eigenvalue weighted by Crippen LogP contribution is -2.38. The number of unbranched alkanes of at least 4 members (excludes halogenated alkanes) is 2. The zero-order chi connectivity index (χ0) is 15.6. The average molecular weight is 304 g/mol. The summed E-state index contributed by atoms with van der Waals surface area (Å²) in [5.74, 6) is 1.39. The first-order valence-corrected chi connectivity index (χ1v) is 8.51. The Morgan fingerprint density at radius 3 is 2.82 bits per heavy atom. The highest BCUT2D eigenvalue weighted by molar-refractivity contribution is 5.94. The van der Waals surface area contributed by atoms with Crippen molar-refractivity contribution in [2.45, 2.75) is 39.0 Å². The molecule has 0 saturated carbocycles. The van der Waals surface area contributed by atoms with Gasteiger partial charge in [-0.15, -0.1) is 0 Å². The molecular formula is C18H28N2O2. The molecule has 2 N–H and O–H groups in total. The molecule has 122 valence electrons. The molecule has 0 bridgehead atoms. The summed E-state index contributed by atoms with van der Waals surface area (Å²) in [5, 5.41) is 6.39. The summed E-state index contributed by atoms with van der Waals surface area (Å²) in [7, 11) is 0. The van der Waals surface area contributed by atoms with Crippen molar-refractivity contribution in [3.8, 4) is 5.75 Å². The van der Waals surface area contributed by atoms with E-state index < -0.39 is 0 Å². The van der Waals surface area contributed by atoms with E-state index >= 15 is 0 Å². The molecule has 1 aliphatic rings. The van der Waals surface area contributed by atoms with E-state index in [1.165, 1.54) is 25.7 Å². The van der Waals surface area contributed by atoms with E-state index in [0.717, 1.165) is 38.4 Å². The SMILES string of the molecule is CCCCCOc1ccc(C(=O)NCC2CCCNC2)cc1. The van der Waals surface area contributed by atoms with E-state index in [2.05, 4.69) is 17.6 Å². The largest absolute Gasteiger partial charge is 0.494 e. The lowest BCUT2D eigenvalue weighted by atomic mass is 10.00. The van der Waals surface area contributed by atoms with Crippen LogP contribution in [0.3, 0.4) is 0 Å². The molecule has 4 nitrogen and oxygen atoms in total. The molecule has 22 heavy (non-hydrogen) atoms. The van der Waals surface area contributed by atoms with E-state index in [-0.39, 0.29) is 5.91 Å². The topological polar surface area (TPSA) is 50.4 Å². The van der Waals surface area contributed by atoms with Crippen molar-refractivity contribution in [2.75, 3.05) is 26.2 Å². The maximum atomic E-state index is 12.1. The molecular weight excluding hydrogens is 276 g/mol. The molecule has 0 aromatic heterocycles. The Morgan fingerprint density at radius 1 is 1.32 bits per heavy atom. The van der Waals surface area contributed by atoms with Crippen LogP contribution in [0.15, 0.2) is 24.3 Å². The van der Waals surface area contributed by atoms with Crippen molar-refractivity contribution >= 4 is 5.91 Å². The minimum absolute atomic E-state index is 0.00288. The molecule has 1 aromatic carbocycles. The molecule has 1 fully saturated rings. The van der Waals surface area contributed by atoms with Gasteiger partial charge in [-0.1, -0.05) is 19.8 Å². The smallest absolute Gasteiger partial charge is 0.251 e. The van der Waals surface area contributed by atoms with Crippen LogP contribution >= 0.6 is 0 Å². The van der Waals surface area contributed by atoms with Gasteiger partial charge in [0.15, 0.2) is 0 Å². The molecule has 1 aliphatic heterocycles. The van der Waals surface area contributed by atoms with Gasteiger partial charge >= 0.3 is 0 Å². The second-order valence-corrected chi connectivity index (χ2v) is 6.00. The zero-order valence-corrected chi connectivity index (χ0v) is 13.6. The molecule has 1 saturated heterocycles. The van der Waals surface area contributed by atoms with Gasteiger partial charge in [-0.05, 0) is 62.5 Å². The van der Waals surface area contributed by atoms with Crippen LogP contribution < -0.4 is 15.4 Å². The first-order valence-electron chi connectivity index (χ1n) is 8.51. The van der Waals surface area contributed by atoms with Gasteiger partial charge in [0.1, 0.15) is 5.75 Å². The maximum absolute atomic E-state index is 12.1. The number of amides is 1. The molecule has 1 heterocycles. The molecule has 1 unspecified atom stereocenters. The maximum Gasteiger partial charge on any atom is 0.251 e. The summed E-state index contributed by atoms with van der Waals surface area (Å²) >= 11 is 0. The van der Waals surface area contributed by atoms with Crippen LogP contribution in [-0.2, 0) is 0 Å². The zero-order valence-electron chi connectivity index (χ0n) is 13.6. The van der Waals surface area contributed by atoms with Gasteiger partial charge in [0.25, 0.3) is 5.91 Å². The molecule has 1 atom stereocenters. The van der Waals surface area contributed by atoms with Crippen molar-refractivity contribution in [3.63, 3.8) is 0 Å². The second-order valence-electron chi connectivity index (χ2n) is 6.00. The molecule has 1 aromatic rings. The number of hydrogen-bond acceptors (Lipinski definition) is 3. The van der Waals surface area contributed by atoms with E-state index in [1.807, 2.05) is 24.3 Å². The van der Waals surface area contributed by atoms with Gasteiger partial charge in [0.2, 0.25) is 0 Å². The Hall–Kier alpha value is -1.55. The Labute approximate surface area is 133 Å². The van der Waals surface area contributed by atoms with Gasteiger partial charge in [-0.3, -0.25) is 4.79 Å². The molecule has 0 radical (unpaired) electrons. The van der Waals surface area contributed by atoms with Gasteiger partial charge in [-0.2, -0.15) is 0 Å². The fourth-order valence-corrected chi connectivity index (χ4v) is 2.68. The minimum Gasteiger partial charge on any atom is -0.494 e. The van der Waals surface area contributed by atoms with Crippen LogP contribution in [0.1, 0.15) is 49.4 Å². The Morgan fingerprint density at radius 2 is 2.14 bits per heavy atom. The molecule has 2 rings (SSSR count). The van der Waals surface area contributed by atoms with Crippen LogP contribution in [0, 0.1) is 5.92 Å². The van der Waals surface area contributed by atoms with E-state index in [4.69, 9.17) is 4.74 Å². The standard InChI is InChI=1S/C18H28N2O2/c1-2-3-4-12-22-17-9-7-16(8-10-17)18(21)20-14-15-6-5-11-19-13-15/h7-10,15,19H,2-6,11-14H2,1H3,(H,20,21). The van der Waals surface area contributed by atoms with E-state index in [9.17, 15) is 4.79 Å². The monoisotopic (exact) mass is 304 g/mol. The van der Waals surface area contributed by atoms with Crippen molar-refractivity contribution in [3.05, 3.63) is 29.8 Å². The Bertz CT molecular complexity index is 439. The minimum atomic E-state index is 0.00288. The van der Waals surface area contributed by atoms with E-state index in [0.29, 0.717) is 11.5 Å². The van der Waals surface area contributed by atoms with Gasteiger partial charge in [-0.25, -0.2) is 0 Å². The van der Waals surface area contributed by atoms with Crippen molar-refractivity contribution in [2.24, 2.45) is 5.92 Å². The number of hydrogen-bond donors (Lipinski definition) is 2. The van der Waals surface area contributed by atoms with Crippen LogP contribution in [-0.4, -0.2) is 32.1 Å². The molecule has 1 amide bonds. The molecule has 4 heteroatoms. The summed E-state index contributed by atoms with van der Waals surface area (Å²) in [6, 6.07) is 7.43. The third-order valence-corrected chi connectivity index (χ3v) is 4.08. The summed E-state index contributed by atoms with van der Waals surface area (Å²) in [6.45, 7) is 5.78. The summed E-state index contributed by atoms with van der Waals surface area (Å²) in [4.78, 5) is 12.1. The highest BCUT2D eigenvalue weighted by Crippen LogP contribution is 2.13. The lowest BCUT2D eigenvalue weighted by Gasteiger charge is -2.22. The number of carbonyl (C=O) groups is 1. The van der Waals surface area contributed by atoms with Crippen LogP contribution in [0.5, 0.6) is 5.75 Å². The first kappa shape index (κ1) is 16.8. The summed E-state index contributed by atoms with van der Waals surface area (Å²) in [6.07, 6.45) is 5.85. The van der Waals surface area contributed by atoms with Crippen LogP contribution in [0.25, 0.3) is 0 Å². The van der Waals surface area contributed by atoms with Gasteiger partial charge < -0.3 is 15.4 Å². The first-order chi connectivity index (χ1) is 10.8. The predicted octanol–water partition coefficient (Wildman–Crippen LogP) is 2.99. The molecule has 0 aliphatic carbocycles. The van der Waals surface area contributed by atoms with Gasteiger partial charge in [0, 0.05) is 12.1 Å². The van der Waals surface area contributed by atoms with Gasteiger partial charge in [0.05, 0.1) is 6.61 Å². The predicted molar refractivity (Wildman–Crippen MR) is 89.4 cm³/mol. The lowest BCUT2D eigenvalue weighted by molar-refractivity contribution is 0.0945. The van der Waals surface area contributed by atoms with Crippen LogP contribution in [0.2, 0.25) is 0 Å². The number of piperidine rings is 1. The van der Waals surface area contributed by atoms with Crippen molar-refractivity contribution in [1.82, 2.24) is 10.6 Å². The summed E-state index contributed by atoms with van der Waals surface area (Å²) < 4.78 is 5.66. The fourth-order valence-electron chi connectivity index (χ4n) is 2.68. The fraction of sp³-hybridized carbons (Fsp3) is 0.611. The van der Waals surface area contributed by atoms with E-state index in [1.54, 1.807) is 0 Å². The Kier molecular flexibility index (Phi) is 7.23. The number of rotatable bonds is 8. The number of benzene rings is 1. The summed E-state index contributed by atoms with van der Waals surface area (Å²) in [5.41, 5.74) is 0.699.